The number of fused-ring (bicyclic) bond motifs is 1. The van der Waals surface area contributed by atoms with Crippen LogP contribution in [0, 0.1) is 0 Å². The van der Waals surface area contributed by atoms with Crippen LogP contribution in [-0.2, 0) is 24.0 Å². The van der Waals surface area contributed by atoms with Crippen molar-refractivity contribution in [1.82, 2.24) is 25.2 Å². The Morgan fingerprint density at radius 1 is 1.18 bits per heavy atom. The molecule has 2 aliphatic rings. The second kappa shape index (κ2) is 12.9. The number of carboxylic acids is 2. The molecule has 5 rings (SSSR count). The first kappa shape index (κ1) is 31.3. The molecule has 3 aromatic rings. The normalized spacial score (nSPS) is 18.5. The van der Waals surface area contributed by atoms with E-state index in [0.717, 1.165) is 40.1 Å². The molecule has 2 aliphatic heterocycles. The van der Waals surface area contributed by atoms with Crippen LogP contribution in [0.5, 0.6) is 11.5 Å². The SMILES string of the molecule is Nc1ccnc(SCC2=C(C(=O)O)N3C(=O)C(NC(=O)/C(=N\OC(C(=O)O)c4ccc(O)c(O)c4)c4csc(N)n4)[C@H]3SC2)n1. The number of phenols is 2. The number of rotatable bonds is 11. The molecule has 0 radical (unpaired) electrons. The van der Waals surface area contributed by atoms with Gasteiger partial charge in [0.1, 0.15) is 28.6 Å². The van der Waals surface area contributed by atoms with Crippen LogP contribution >= 0.6 is 34.9 Å². The minimum Gasteiger partial charge on any atom is -0.504 e. The summed E-state index contributed by atoms with van der Waals surface area (Å²) < 4.78 is 0. The monoisotopic (exact) mass is 674 g/mol. The number of nitrogens with one attached hydrogen (secondary N) is 1. The number of thioether (sulfide) groups is 2. The predicted molar refractivity (Wildman–Crippen MR) is 161 cm³/mol. The topological polar surface area (TPSA) is 277 Å². The number of β-lactam (4-membered cyclic amide) rings is 1. The largest absolute Gasteiger partial charge is 0.504 e. The number of phenolic OH excluding ortho intramolecular Hbond substituents is 2. The Hall–Kier alpha value is -5.08. The molecule has 20 heteroatoms. The van der Waals surface area contributed by atoms with Crippen LogP contribution in [0.2, 0.25) is 0 Å². The molecular formula is C25H22N8O9S3. The number of aromatic nitrogens is 3. The van der Waals surface area contributed by atoms with E-state index in [4.69, 9.17) is 16.3 Å². The van der Waals surface area contributed by atoms with Gasteiger partial charge in [0.25, 0.3) is 11.8 Å². The van der Waals surface area contributed by atoms with Crippen molar-refractivity contribution in [2.75, 3.05) is 23.0 Å². The van der Waals surface area contributed by atoms with Crippen molar-refractivity contribution < 1.29 is 44.4 Å². The zero-order valence-corrected chi connectivity index (χ0v) is 25.0. The van der Waals surface area contributed by atoms with E-state index in [9.17, 15) is 39.6 Å². The average molecular weight is 675 g/mol. The first-order valence-electron chi connectivity index (χ1n) is 12.6. The van der Waals surface area contributed by atoms with Gasteiger partial charge < -0.3 is 42.0 Å². The average Bonchev–Trinajstić information content (AvgIpc) is 3.43. The second-order valence-corrected chi connectivity index (χ2v) is 12.2. The highest BCUT2D eigenvalue weighted by Gasteiger charge is 2.54. The maximum absolute atomic E-state index is 13.4. The van der Waals surface area contributed by atoms with Gasteiger partial charge in [-0.15, -0.1) is 23.1 Å². The number of anilines is 2. The number of oxime groups is 1. The van der Waals surface area contributed by atoms with E-state index in [2.05, 4.69) is 25.4 Å². The molecule has 0 aliphatic carbocycles. The lowest BCUT2D eigenvalue weighted by molar-refractivity contribution is -0.151. The number of amides is 2. The molecule has 45 heavy (non-hydrogen) atoms. The van der Waals surface area contributed by atoms with Crippen molar-refractivity contribution in [3.63, 3.8) is 0 Å². The summed E-state index contributed by atoms with van der Waals surface area (Å²) in [7, 11) is 0. The smallest absolute Gasteiger partial charge is 0.352 e. The van der Waals surface area contributed by atoms with E-state index in [0.29, 0.717) is 10.7 Å². The summed E-state index contributed by atoms with van der Waals surface area (Å²) in [5, 5.41) is 46.2. The predicted octanol–water partition coefficient (Wildman–Crippen LogP) is 0.586. The maximum atomic E-state index is 13.4. The Labute approximate surface area is 265 Å². The fourth-order valence-electron chi connectivity index (χ4n) is 4.24. The summed E-state index contributed by atoms with van der Waals surface area (Å²) >= 11 is 3.35. The lowest BCUT2D eigenvalue weighted by Crippen LogP contribution is -2.71. The molecule has 2 aromatic heterocycles. The van der Waals surface area contributed by atoms with Crippen LogP contribution in [-0.4, -0.2) is 92.7 Å². The minimum absolute atomic E-state index is 0.0581. The first-order valence-corrected chi connectivity index (χ1v) is 15.5. The lowest BCUT2D eigenvalue weighted by atomic mass is 10.0. The molecule has 4 heterocycles. The summed E-state index contributed by atoms with van der Waals surface area (Å²) in [5.74, 6) is -4.97. The number of benzene rings is 1. The summed E-state index contributed by atoms with van der Waals surface area (Å²) in [6.45, 7) is 0. The molecule has 2 amide bonds. The molecule has 1 fully saturated rings. The number of aliphatic carboxylic acids is 2. The van der Waals surface area contributed by atoms with Gasteiger partial charge in [-0.3, -0.25) is 14.5 Å². The summed E-state index contributed by atoms with van der Waals surface area (Å²) in [6, 6.07) is 3.53. The zero-order chi connectivity index (χ0) is 32.4. The van der Waals surface area contributed by atoms with Crippen molar-refractivity contribution in [3.8, 4) is 11.5 Å². The number of carbonyl (C=O) groups excluding carboxylic acids is 2. The number of nitrogens with zero attached hydrogens (tertiary/aromatic N) is 5. The van der Waals surface area contributed by atoms with E-state index in [1.165, 1.54) is 35.5 Å². The summed E-state index contributed by atoms with van der Waals surface area (Å²) in [6.07, 6.45) is -0.347. The molecule has 0 spiro atoms. The summed E-state index contributed by atoms with van der Waals surface area (Å²) in [5.41, 5.74) is 10.9. The van der Waals surface area contributed by atoms with E-state index in [-0.39, 0.29) is 39.4 Å². The van der Waals surface area contributed by atoms with Crippen LogP contribution in [0.3, 0.4) is 0 Å². The van der Waals surface area contributed by atoms with Crippen molar-refractivity contribution in [3.05, 3.63) is 58.4 Å². The number of hydrogen-bond acceptors (Lipinski definition) is 16. The number of carboxylic acid groups (broad SMARTS) is 2. The molecule has 0 saturated carbocycles. The maximum Gasteiger partial charge on any atom is 0.352 e. The van der Waals surface area contributed by atoms with Gasteiger partial charge in [-0.1, -0.05) is 23.0 Å². The third-order valence-corrected chi connectivity index (χ3v) is 9.28. The van der Waals surface area contributed by atoms with Crippen LogP contribution in [0.15, 0.2) is 57.4 Å². The van der Waals surface area contributed by atoms with Gasteiger partial charge in [0.2, 0.25) is 6.10 Å². The van der Waals surface area contributed by atoms with Crippen molar-refractivity contribution in [2.45, 2.75) is 22.7 Å². The van der Waals surface area contributed by atoms with Gasteiger partial charge in [0, 0.05) is 28.6 Å². The van der Waals surface area contributed by atoms with Gasteiger partial charge >= 0.3 is 11.9 Å². The molecule has 0 bridgehead atoms. The summed E-state index contributed by atoms with van der Waals surface area (Å²) in [4.78, 5) is 69.2. The highest BCUT2D eigenvalue weighted by Crippen LogP contribution is 2.41. The fourth-order valence-corrected chi connectivity index (χ4v) is 7.11. The molecule has 17 nitrogen and oxygen atoms in total. The number of nitrogen functional groups attached to an aromatic ring is 2. The Kier molecular flexibility index (Phi) is 8.97. The molecule has 9 N–H and O–H groups in total. The van der Waals surface area contributed by atoms with Gasteiger partial charge in [-0.25, -0.2) is 24.5 Å². The van der Waals surface area contributed by atoms with Gasteiger partial charge in [-0.2, -0.15) is 0 Å². The van der Waals surface area contributed by atoms with Gasteiger partial charge in [0.05, 0.1) is 0 Å². The van der Waals surface area contributed by atoms with Crippen LogP contribution in [0.4, 0.5) is 10.9 Å². The Balaban J connectivity index is 1.35. The van der Waals surface area contributed by atoms with Crippen LogP contribution in [0.25, 0.3) is 0 Å². The fraction of sp³-hybridized carbons (Fsp3) is 0.200. The Morgan fingerprint density at radius 2 is 1.96 bits per heavy atom. The van der Waals surface area contributed by atoms with Crippen molar-refractivity contribution in [1.29, 1.82) is 0 Å². The highest BCUT2D eigenvalue weighted by molar-refractivity contribution is 8.01. The van der Waals surface area contributed by atoms with Gasteiger partial charge in [-0.05, 0) is 23.8 Å². The Morgan fingerprint density at radius 3 is 2.60 bits per heavy atom. The zero-order valence-electron chi connectivity index (χ0n) is 22.6. The Bertz CT molecular complexity index is 1760. The number of nitrogens with two attached hydrogens (primary N) is 2. The molecule has 3 atom stereocenters. The van der Waals surface area contributed by atoms with Crippen LogP contribution < -0.4 is 16.8 Å². The van der Waals surface area contributed by atoms with E-state index >= 15 is 0 Å². The standard InChI is InChI=1S/C25H22N8O9S3/c26-14-3-4-28-25(30-14)45-7-10-6-43-21-16(20(37)33(21)17(10)22(38)39)31-19(36)15(11-8-44-24(27)29-11)32-42-18(23(40)41)9-1-2-12(34)13(35)5-9/h1-5,8,16,18,21,34-35H,6-7H2,(H2,27,29)(H,31,36)(H,38,39)(H,40,41)(H2,26,28,30)/b32-15-/t16?,18?,21-/m1/s1. The molecule has 1 aromatic carbocycles. The quantitative estimate of drug-likeness (QED) is 0.0366. The molecule has 2 unspecified atom stereocenters. The number of hydrogen-bond donors (Lipinski definition) is 7. The molecular weight excluding hydrogens is 653 g/mol. The number of aromatic hydroxyl groups is 2. The second-order valence-electron chi connectivity index (χ2n) is 9.25. The minimum atomic E-state index is -1.82. The highest BCUT2D eigenvalue weighted by atomic mass is 32.2. The third-order valence-electron chi connectivity index (χ3n) is 6.32. The number of carbonyl (C=O) groups is 4. The number of thiazole rings is 1. The van der Waals surface area contributed by atoms with Crippen molar-refractivity contribution in [2.24, 2.45) is 5.16 Å². The van der Waals surface area contributed by atoms with E-state index in [1.807, 2.05) is 0 Å². The van der Waals surface area contributed by atoms with Gasteiger partial charge in [0.15, 0.2) is 27.5 Å². The van der Waals surface area contributed by atoms with E-state index < -0.39 is 58.5 Å². The van der Waals surface area contributed by atoms with E-state index in [1.54, 1.807) is 0 Å². The lowest BCUT2D eigenvalue weighted by Gasteiger charge is -2.49. The van der Waals surface area contributed by atoms with Crippen LogP contribution in [0.1, 0.15) is 17.4 Å². The third kappa shape index (κ3) is 6.56. The molecule has 234 valence electrons. The first-order chi connectivity index (χ1) is 21.4. The molecule has 1 saturated heterocycles. The van der Waals surface area contributed by atoms with Crippen molar-refractivity contribution >= 4 is 75.3 Å².